The van der Waals surface area contributed by atoms with Gasteiger partial charge < -0.3 is 20.5 Å². The van der Waals surface area contributed by atoms with Crippen LogP contribution in [-0.4, -0.2) is 24.0 Å². The molecule has 6 nitrogen and oxygen atoms in total. The molecule has 6 heteroatoms. The monoisotopic (exact) mass is 355 g/mol. The molecule has 2 atom stereocenters. The van der Waals surface area contributed by atoms with E-state index < -0.39 is 0 Å². The van der Waals surface area contributed by atoms with Gasteiger partial charge in [0.15, 0.2) is 11.5 Å². The summed E-state index contributed by atoms with van der Waals surface area (Å²) >= 11 is 0. The lowest BCUT2D eigenvalue weighted by atomic mass is 9.85. The molecule has 0 radical (unpaired) electrons. The van der Waals surface area contributed by atoms with Crippen LogP contribution in [0.2, 0.25) is 0 Å². The Kier molecular flexibility index (Phi) is 6.07. The van der Waals surface area contributed by atoms with Crippen molar-refractivity contribution < 1.29 is 14.3 Å². The van der Waals surface area contributed by atoms with Crippen LogP contribution in [-0.2, 0) is 11.4 Å². The number of rotatable bonds is 6. The number of carbonyl (C=O) groups is 1. The number of amides is 1. The normalized spacial score (nSPS) is 19.6. The number of carbonyl (C=O) groups excluding carboxylic acids is 1. The molecule has 1 amide bonds. The van der Waals surface area contributed by atoms with Crippen molar-refractivity contribution in [2.75, 3.05) is 12.4 Å². The Morgan fingerprint density at radius 3 is 2.77 bits per heavy atom. The summed E-state index contributed by atoms with van der Waals surface area (Å²) in [7, 11) is 1.59. The van der Waals surface area contributed by atoms with Crippen molar-refractivity contribution >= 4 is 11.6 Å². The molecule has 138 valence electrons. The van der Waals surface area contributed by atoms with Gasteiger partial charge in [-0.3, -0.25) is 9.78 Å². The predicted octanol–water partition coefficient (Wildman–Crippen LogP) is 3.13. The average molecular weight is 355 g/mol. The van der Waals surface area contributed by atoms with E-state index >= 15 is 0 Å². The van der Waals surface area contributed by atoms with Gasteiger partial charge in [-0.15, -0.1) is 0 Å². The molecular formula is C20H25N3O3. The van der Waals surface area contributed by atoms with Gasteiger partial charge in [-0.1, -0.05) is 6.42 Å². The quantitative estimate of drug-likeness (QED) is 0.831. The van der Waals surface area contributed by atoms with Gasteiger partial charge in [0, 0.05) is 36.1 Å². The van der Waals surface area contributed by atoms with Crippen molar-refractivity contribution in [1.29, 1.82) is 0 Å². The topological polar surface area (TPSA) is 86.5 Å². The summed E-state index contributed by atoms with van der Waals surface area (Å²) in [4.78, 5) is 16.5. The Morgan fingerprint density at radius 2 is 2.04 bits per heavy atom. The first-order chi connectivity index (χ1) is 12.7. The van der Waals surface area contributed by atoms with Crippen LogP contribution in [0.15, 0.2) is 42.7 Å². The number of methoxy groups -OCH3 is 1. The zero-order chi connectivity index (χ0) is 18.4. The van der Waals surface area contributed by atoms with E-state index in [-0.39, 0.29) is 17.9 Å². The third-order valence-corrected chi connectivity index (χ3v) is 4.66. The Bertz CT molecular complexity index is 736. The number of aromatic nitrogens is 1. The van der Waals surface area contributed by atoms with Gasteiger partial charge in [-0.25, -0.2) is 0 Å². The molecule has 3 N–H and O–H groups in total. The van der Waals surface area contributed by atoms with Gasteiger partial charge >= 0.3 is 0 Å². The minimum atomic E-state index is -0.0259. The highest BCUT2D eigenvalue weighted by atomic mass is 16.5. The van der Waals surface area contributed by atoms with Crippen LogP contribution in [0.5, 0.6) is 11.5 Å². The van der Waals surface area contributed by atoms with E-state index in [0.717, 1.165) is 31.2 Å². The number of anilines is 1. The second-order valence-electron chi connectivity index (χ2n) is 6.62. The zero-order valence-corrected chi connectivity index (χ0v) is 15.0. The highest BCUT2D eigenvalue weighted by Gasteiger charge is 2.25. The standard InChI is InChI=1S/C20H25N3O3/c1-25-18-6-5-17(23-20(24)15-3-2-4-16(21)11-15)12-19(18)26-13-14-7-9-22-10-8-14/h5-10,12,15-16H,2-4,11,13,21H2,1H3,(H,23,24). The molecule has 0 saturated heterocycles. The summed E-state index contributed by atoms with van der Waals surface area (Å²) in [6, 6.07) is 9.31. The van der Waals surface area contributed by atoms with Gasteiger partial charge in [-0.2, -0.15) is 0 Å². The fourth-order valence-corrected chi connectivity index (χ4v) is 3.22. The predicted molar refractivity (Wildman–Crippen MR) is 100 cm³/mol. The third kappa shape index (κ3) is 4.73. The smallest absolute Gasteiger partial charge is 0.227 e. The first-order valence-corrected chi connectivity index (χ1v) is 8.92. The number of ether oxygens (including phenoxy) is 2. The molecule has 26 heavy (non-hydrogen) atoms. The molecule has 1 aromatic heterocycles. The summed E-state index contributed by atoms with van der Waals surface area (Å²) in [5.41, 5.74) is 7.69. The molecule has 3 rings (SSSR count). The van der Waals surface area contributed by atoms with Gasteiger partial charge in [0.1, 0.15) is 6.61 Å². The van der Waals surface area contributed by atoms with Gasteiger partial charge in [0.25, 0.3) is 0 Å². The largest absolute Gasteiger partial charge is 0.493 e. The third-order valence-electron chi connectivity index (χ3n) is 4.66. The average Bonchev–Trinajstić information content (AvgIpc) is 2.67. The lowest BCUT2D eigenvalue weighted by Crippen LogP contribution is -2.34. The molecule has 2 aromatic rings. The molecule has 2 unspecified atom stereocenters. The molecule has 0 aliphatic heterocycles. The summed E-state index contributed by atoms with van der Waals surface area (Å²) in [5.74, 6) is 1.20. The molecule has 0 bridgehead atoms. The Labute approximate surface area is 153 Å². The summed E-state index contributed by atoms with van der Waals surface area (Å²) in [6.45, 7) is 0.397. The maximum atomic E-state index is 12.5. The molecule has 1 fully saturated rings. The van der Waals surface area contributed by atoms with Crippen LogP contribution in [0.25, 0.3) is 0 Å². The van der Waals surface area contributed by atoms with Crippen LogP contribution in [0.1, 0.15) is 31.2 Å². The summed E-state index contributed by atoms with van der Waals surface area (Å²) in [6.07, 6.45) is 7.08. The van der Waals surface area contributed by atoms with Crippen LogP contribution >= 0.6 is 0 Å². The van der Waals surface area contributed by atoms with Crippen molar-refractivity contribution in [1.82, 2.24) is 4.98 Å². The number of nitrogens with one attached hydrogen (secondary N) is 1. The van der Waals surface area contributed by atoms with Crippen LogP contribution in [0.4, 0.5) is 5.69 Å². The van der Waals surface area contributed by atoms with E-state index in [1.165, 1.54) is 0 Å². The van der Waals surface area contributed by atoms with Gasteiger partial charge in [-0.05, 0) is 49.1 Å². The summed E-state index contributed by atoms with van der Waals surface area (Å²) < 4.78 is 11.2. The van der Waals surface area contributed by atoms with Gasteiger partial charge in [0.05, 0.1) is 7.11 Å². The van der Waals surface area contributed by atoms with Gasteiger partial charge in [0.2, 0.25) is 5.91 Å². The number of hydrogen-bond acceptors (Lipinski definition) is 5. The zero-order valence-electron chi connectivity index (χ0n) is 15.0. The molecular weight excluding hydrogens is 330 g/mol. The Morgan fingerprint density at radius 1 is 1.23 bits per heavy atom. The van der Waals surface area contributed by atoms with Crippen molar-refractivity contribution in [2.24, 2.45) is 11.7 Å². The highest BCUT2D eigenvalue weighted by molar-refractivity contribution is 5.93. The number of nitrogens with zero attached hydrogens (tertiary/aromatic N) is 1. The molecule has 1 aliphatic carbocycles. The molecule has 1 aromatic carbocycles. The van der Waals surface area contributed by atoms with E-state index in [1.807, 2.05) is 18.2 Å². The van der Waals surface area contributed by atoms with Crippen molar-refractivity contribution in [3.05, 3.63) is 48.3 Å². The van der Waals surface area contributed by atoms with E-state index in [4.69, 9.17) is 15.2 Å². The van der Waals surface area contributed by atoms with E-state index in [9.17, 15) is 4.79 Å². The molecule has 1 saturated carbocycles. The molecule has 1 aliphatic rings. The van der Waals surface area contributed by atoms with Crippen molar-refractivity contribution in [3.8, 4) is 11.5 Å². The van der Waals surface area contributed by atoms with Crippen LogP contribution in [0, 0.1) is 5.92 Å². The van der Waals surface area contributed by atoms with E-state index in [2.05, 4.69) is 10.3 Å². The Balaban J connectivity index is 1.67. The molecule has 1 heterocycles. The number of pyridine rings is 1. The lowest BCUT2D eigenvalue weighted by Gasteiger charge is -2.25. The van der Waals surface area contributed by atoms with Crippen molar-refractivity contribution in [3.63, 3.8) is 0 Å². The second-order valence-corrected chi connectivity index (χ2v) is 6.62. The van der Waals surface area contributed by atoms with Crippen LogP contribution < -0.4 is 20.5 Å². The first kappa shape index (κ1) is 18.2. The maximum Gasteiger partial charge on any atom is 0.227 e. The number of hydrogen-bond donors (Lipinski definition) is 2. The molecule has 0 spiro atoms. The first-order valence-electron chi connectivity index (χ1n) is 8.92. The maximum absolute atomic E-state index is 12.5. The van der Waals surface area contributed by atoms with E-state index in [1.54, 1.807) is 31.6 Å². The number of benzene rings is 1. The lowest BCUT2D eigenvalue weighted by molar-refractivity contribution is -0.120. The van der Waals surface area contributed by atoms with Crippen molar-refractivity contribution in [2.45, 2.75) is 38.3 Å². The fraction of sp³-hybridized carbons (Fsp3) is 0.400. The second kappa shape index (κ2) is 8.67. The minimum Gasteiger partial charge on any atom is -0.493 e. The summed E-state index contributed by atoms with van der Waals surface area (Å²) in [5, 5.41) is 2.98. The number of nitrogens with two attached hydrogens (primary N) is 1. The highest BCUT2D eigenvalue weighted by Crippen LogP contribution is 2.32. The SMILES string of the molecule is COc1ccc(NC(=O)C2CCCC(N)C2)cc1OCc1ccncc1. The van der Waals surface area contributed by atoms with E-state index in [0.29, 0.717) is 23.8 Å². The fourth-order valence-electron chi connectivity index (χ4n) is 3.22. The van der Waals surface area contributed by atoms with Crippen LogP contribution in [0.3, 0.4) is 0 Å². The minimum absolute atomic E-state index is 0.0189. The Hall–Kier alpha value is -2.60.